The zero-order chi connectivity index (χ0) is 12.5. The van der Waals surface area contributed by atoms with E-state index in [-0.39, 0.29) is 5.91 Å². The number of nitrogens with zero attached hydrogens (tertiary/aromatic N) is 1. The molecule has 0 aliphatic rings. The molecule has 1 amide bonds. The summed E-state index contributed by atoms with van der Waals surface area (Å²) in [4.78, 5) is 15.1. The average molecular weight is 240 g/mol. The summed E-state index contributed by atoms with van der Waals surface area (Å²) >= 11 is 0. The van der Waals surface area contributed by atoms with Crippen LogP contribution in [0.1, 0.15) is 25.3 Å². The van der Waals surface area contributed by atoms with Crippen LogP contribution in [0.5, 0.6) is 0 Å². The Bertz CT molecular complexity index is 358. The molecule has 0 aromatic carbocycles. The van der Waals surface area contributed by atoms with Gasteiger partial charge in [-0.1, -0.05) is 0 Å². The minimum atomic E-state index is -0.395. The number of rotatable bonds is 7. The van der Waals surface area contributed by atoms with E-state index in [1.54, 1.807) is 0 Å². The molecular weight excluding hydrogens is 223 g/mol. The van der Waals surface area contributed by atoms with Crippen molar-refractivity contribution < 1.29 is 13.9 Å². The van der Waals surface area contributed by atoms with E-state index in [2.05, 4.69) is 10.3 Å². The Balaban J connectivity index is 2.19. The lowest BCUT2D eigenvalue weighted by Crippen LogP contribution is -2.22. The summed E-state index contributed by atoms with van der Waals surface area (Å²) in [5.41, 5.74) is 0.656. The van der Waals surface area contributed by atoms with Crippen LogP contribution in [0.15, 0.2) is 18.5 Å². The maximum Gasteiger partial charge on any atom is 0.220 e. The van der Waals surface area contributed by atoms with Crippen LogP contribution in [0.25, 0.3) is 0 Å². The molecule has 1 rings (SSSR count). The summed E-state index contributed by atoms with van der Waals surface area (Å²) < 4.78 is 17.9. The molecule has 0 bridgehead atoms. The number of halogens is 1. The maximum atomic E-state index is 12.8. The molecule has 0 unspecified atom stereocenters. The first-order valence-corrected chi connectivity index (χ1v) is 5.66. The van der Waals surface area contributed by atoms with Crippen molar-refractivity contribution >= 4 is 5.91 Å². The molecule has 0 aliphatic carbocycles. The van der Waals surface area contributed by atoms with Crippen molar-refractivity contribution in [1.29, 1.82) is 0 Å². The molecule has 94 valence electrons. The fourth-order valence-corrected chi connectivity index (χ4v) is 1.32. The van der Waals surface area contributed by atoms with Gasteiger partial charge < -0.3 is 10.1 Å². The summed E-state index contributed by atoms with van der Waals surface area (Å²) in [7, 11) is 0. The van der Waals surface area contributed by atoms with E-state index in [0.717, 1.165) is 6.20 Å². The Kier molecular flexibility index (Phi) is 6.17. The second-order valence-electron chi connectivity index (χ2n) is 3.59. The number of hydrogen-bond donors (Lipinski definition) is 1. The molecule has 0 atom stereocenters. The molecule has 0 spiro atoms. The Morgan fingerprint density at radius 1 is 1.53 bits per heavy atom. The van der Waals surface area contributed by atoms with Gasteiger partial charge in [-0.05, 0) is 25.0 Å². The molecule has 1 heterocycles. The van der Waals surface area contributed by atoms with Gasteiger partial charge in [0.25, 0.3) is 0 Å². The first kappa shape index (κ1) is 13.6. The van der Waals surface area contributed by atoms with Crippen LogP contribution in [0.4, 0.5) is 4.39 Å². The van der Waals surface area contributed by atoms with Crippen LogP contribution in [-0.4, -0.2) is 24.1 Å². The van der Waals surface area contributed by atoms with Gasteiger partial charge in [0.2, 0.25) is 5.91 Å². The topological polar surface area (TPSA) is 51.2 Å². The van der Waals surface area contributed by atoms with Crippen molar-refractivity contribution in [1.82, 2.24) is 10.3 Å². The molecule has 0 aliphatic heterocycles. The third kappa shape index (κ3) is 5.97. The summed E-state index contributed by atoms with van der Waals surface area (Å²) in [6, 6.07) is 1.35. The molecule has 1 aromatic heterocycles. The highest BCUT2D eigenvalue weighted by Gasteiger charge is 2.02. The standard InChI is InChI=1S/C12H17FN2O2/c1-2-17-5-3-4-12(16)15-8-10-6-11(13)9-14-7-10/h6-7,9H,2-5,8H2,1H3,(H,15,16). The van der Waals surface area contributed by atoms with Gasteiger partial charge in [0.1, 0.15) is 5.82 Å². The Labute approximate surface area is 100 Å². The van der Waals surface area contributed by atoms with Crippen molar-refractivity contribution in [3.05, 3.63) is 29.8 Å². The number of hydrogen-bond acceptors (Lipinski definition) is 3. The summed E-state index contributed by atoms with van der Waals surface area (Å²) in [5, 5.41) is 2.70. The van der Waals surface area contributed by atoms with E-state index in [1.807, 2.05) is 6.92 Å². The highest BCUT2D eigenvalue weighted by molar-refractivity contribution is 5.75. The zero-order valence-electron chi connectivity index (χ0n) is 9.91. The number of aromatic nitrogens is 1. The van der Waals surface area contributed by atoms with E-state index >= 15 is 0 Å². The Hall–Kier alpha value is -1.49. The van der Waals surface area contributed by atoms with Gasteiger partial charge in [-0.2, -0.15) is 0 Å². The third-order valence-electron chi connectivity index (χ3n) is 2.15. The van der Waals surface area contributed by atoms with E-state index in [4.69, 9.17) is 4.74 Å². The van der Waals surface area contributed by atoms with Gasteiger partial charge in [-0.3, -0.25) is 9.78 Å². The van der Waals surface area contributed by atoms with Crippen LogP contribution in [0.2, 0.25) is 0 Å². The fraction of sp³-hybridized carbons (Fsp3) is 0.500. The number of ether oxygens (including phenoxy) is 1. The lowest BCUT2D eigenvalue weighted by Gasteiger charge is -2.05. The van der Waals surface area contributed by atoms with Gasteiger partial charge in [0.05, 0.1) is 6.20 Å². The monoisotopic (exact) mass is 240 g/mol. The van der Waals surface area contributed by atoms with Crippen LogP contribution >= 0.6 is 0 Å². The Morgan fingerprint density at radius 3 is 3.06 bits per heavy atom. The van der Waals surface area contributed by atoms with Crippen LogP contribution in [0.3, 0.4) is 0 Å². The van der Waals surface area contributed by atoms with Crippen LogP contribution in [-0.2, 0) is 16.1 Å². The minimum absolute atomic E-state index is 0.0611. The van der Waals surface area contributed by atoms with Crippen molar-refractivity contribution in [2.24, 2.45) is 0 Å². The molecule has 1 aromatic rings. The van der Waals surface area contributed by atoms with E-state index in [0.29, 0.717) is 38.2 Å². The third-order valence-corrected chi connectivity index (χ3v) is 2.15. The molecule has 0 fully saturated rings. The average Bonchev–Trinajstić information content (AvgIpc) is 2.32. The summed E-state index contributed by atoms with van der Waals surface area (Å²) in [5.74, 6) is -0.456. The molecular formula is C12H17FN2O2. The van der Waals surface area contributed by atoms with Gasteiger partial charge in [-0.25, -0.2) is 4.39 Å². The number of carbonyl (C=O) groups is 1. The van der Waals surface area contributed by atoms with Crippen molar-refractivity contribution in [3.63, 3.8) is 0 Å². The van der Waals surface area contributed by atoms with Crippen molar-refractivity contribution in [2.75, 3.05) is 13.2 Å². The fourth-order valence-electron chi connectivity index (χ4n) is 1.32. The predicted octanol–water partition coefficient (Wildman–Crippen LogP) is 1.65. The SMILES string of the molecule is CCOCCCC(=O)NCc1cncc(F)c1. The lowest BCUT2D eigenvalue weighted by atomic mass is 10.2. The normalized spacial score (nSPS) is 10.2. The minimum Gasteiger partial charge on any atom is -0.382 e. The maximum absolute atomic E-state index is 12.8. The van der Waals surface area contributed by atoms with Gasteiger partial charge >= 0.3 is 0 Å². The molecule has 5 heteroatoms. The van der Waals surface area contributed by atoms with E-state index in [9.17, 15) is 9.18 Å². The number of amides is 1. The molecule has 0 saturated heterocycles. The number of nitrogens with one attached hydrogen (secondary N) is 1. The number of carbonyl (C=O) groups excluding carboxylic acids is 1. The molecule has 1 N–H and O–H groups in total. The second-order valence-corrected chi connectivity index (χ2v) is 3.59. The van der Waals surface area contributed by atoms with Crippen LogP contribution < -0.4 is 5.32 Å². The first-order valence-electron chi connectivity index (χ1n) is 5.66. The highest BCUT2D eigenvalue weighted by Crippen LogP contribution is 2.00. The van der Waals surface area contributed by atoms with Crippen LogP contribution in [0, 0.1) is 5.82 Å². The molecule has 0 saturated carbocycles. The quantitative estimate of drug-likeness (QED) is 0.737. The van der Waals surface area contributed by atoms with Gasteiger partial charge in [0.15, 0.2) is 0 Å². The summed E-state index contributed by atoms with van der Waals surface area (Å²) in [6.07, 6.45) is 3.78. The van der Waals surface area contributed by atoms with Gasteiger partial charge in [0, 0.05) is 32.4 Å². The largest absolute Gasteiger partial charge is 0.382 e. The van der Waals surface area contributed by atoms with Crippen molar-refractivity contribution in [3.8, 4) is 0 Å². The first-order chi connectivity index (χ1) is 8.22. The Morgan fingerprint density at radius 2 is 2.35 bits per heavy atom. The lowest BCUT2D eigenvalue weighted by molar-refractivity contribution is -0.121. The van der Waals surface area contributed by atoms with E-state index in [1.165, 1.54) is 12.3 Å². The highest BCUT2D eigenvalue weighted by atomic mass is 19.1. The van der Waals surface area contributed by atoms with Gasteiger partial charge in [-0.15, -0.1) is 0 Å². The molecule has 0 radical (unpaired) electrons. The van der Waals surface area contributed by atoms with Crippen molar-refractivity contribution in [2.45, 2.75) is 26.3 Å². The van der Waals surface area contributed by atoms with E-state index < -0.39 is 5.82 Å². The number of pyridine rings is 1. The second kappa shape index (κ2) is 7.73. The summed E-state index contributed by atoms with van der Waals surface area (Å²) in [6.45, 7) is 3.47. The molecule has 4 nitrogen and oxygen atoms in total. The molecule has 17 heavy (non-hydrogen) atoms. The smallest absolute Gasteiger partial charge is 0.220 e. The predicted molar refractivity (Wildman–Crippen MR) is 61.8 cm³/mol. The zero-order valence-corrected chi connectivity index (χ0v) is 9.91.